The van der Waals surface area contributed by atoms with Crippen molar-refractivity contribution in [1.82, 2.24) is 9.55 Å². The molecule has 2 rings (SSSR count). The summed E-state index contributed by atoms with van der Waals surface area (Å²) < 4.78 is 6.03. The summed E-state index contributed by atoms with van der Waals surface area (Å²) in [4.78, 5) is 27.3. The molecule has 0 aliphatic rings. The van der Waals surface area contributed by atoms with Gasteiger partial charge < -0.3 is 4.74 Å². The highest BCUT2D eigenvalue weighted by Gasteiger charge is 2.12. The molecule has 0 fully saturated rings. The maximum atomic E-state index is 11.8. The maximum absolute atomic E-state index is 11.8. The first-order chi connectivity index (χ1) is 8.72. The molecule has 0 amide bonds. The predicted octanol–water partition coefficient (Wildman–Crippen LogP) is 1.08. The Balaban J connectivity index is 2.44. The van der Waals surface area contributed by atoms with Crippen molar-refractivity contribution in [2.75, 3.05) is 7.11 Å². The molecule has 5 heteroatoms. The second kappa shape index (κ2) is 5.27. The summed E-state index contributed by atoms with van der Waals surface area (Å²) >= 11 is 0. The summed E-state index contributed by atoms with van der Waals surface area (Å²) in [6.45, 7) is 0.312. The van der Waals surface area contributed by atoms with Gasteiger partial charge in [-0.25, -0.2) is 4.79 Å². The van der Waals surface area contributed by atoms with Crippen molar-refractivity contribution in [2.24, 2.45) is 0 Å². The van der Waals surface area contributed by atoms with Gasteiger partial charge in [0.25, 0.3) is 5.56 Å². The molecule has 2 heterocycles. The summed E-state index contributed by atoms with van der Waals surface area (Å²) in [7, 11) is 1.29. The molecular formula is C13H12N2O3. The number of esters is 1. The van der Waals surface area contributed by atoms with Gasteiger partial charge in [-0.05, 0) is 23.8 Å². The number of hydrogen-bond acceptors (Lipinski definition) is 4. The number of carbonyl (C=O) groups is 1. The molecule has 0 saturated heterocycles. The first-order valence-corrected chi connectivity index (χ1v) is 5.39. The normalized spacial score (nSPS) is 10.1. The highest BCUT2D eigenvalue weighted by Crippen LogP contribution is 2.04. The molecule has 0 aliphatic carbocycles. The van der Waals surface area contributed by atoms with E-state index < -0.39 is 5.97 Å². The van der Waals surface area contributed by atoms with Gasteiger partial charge in [0.1, 0.15) is 5.69 Å². The van der Waals surface area contributed by atoms with E-state index in [1.165, 1.54) is 23.8 Å². The van der Waals surface area contributed by atoms with E-state index in [4.69, 9.17) is 0 Å². The number of nitrogens with zero attached hydrogens (tertiary/aromatic N) is 2. The van der Waals surface area contributed by atoms with Crippen LogP contribution in [0.1, 0.15) is 16.1 Å². The van der Waals surface area contributed by atoms with Crippen LogP contribution in [0.3, 0.4) is 0 Å². The van der Waals surface area contributed by atoms with Gasteiger partial charge in [0.15, 0.2) is 0 Å². The molecule has 0 spiro atoms. The third-order valence-corrected chi connectivity index (χ3v) is 2.53. The average molecular weight is 244 g/mol. The zero-order valence-electron chi connectivity index (χ0n) is 9.87. The Morgan fingerprint density at radius 1 is 1.28 bits per heavy atom. The van der Waals surface area contributed by atoms with E-state index >= 15 is 0 Å². The minimum atomic E-state index is -0.526. The smallest absolute Gasteiger partial charge is 0.354 e. The average Bonchev–Trinajstić information content (AvgIpc) is 2.41. The number of ether oxygens (including phenoxy) is 1. The summed E-state index contributed by atoms with van der Waals surface area (Å²) in [5.41, 5.74) is 0.889. The summed E-state index contributed by atoms with van der Waals surface area (Å²) in [5.74, 6) is -0.526. The lowest BCUT2D eigenvalue weighted by atomic mass is 10.2. The Morgan fingerprint density at radius 2 is 2.00 bits per heavy atom. The molecule has 0 aliphatic heterocycles. The predicted molar refractivity (Wildman–Crippen MR) is 65.4 cm³/mol. The van der Waals surface area contributed by atoms with Crippen molar-refractivity contribution in [1.29, 1.82) is 0 Å². The molecule has 0 saturated carbocycles. The highest BCUT2D eigenvalue weighted by atomic mass is 16.5. The summed E-state index contributed by atoms with van der Waals surface area (Å²) in [5, 5.41) is 0. The van der Waals surface area contributed by atoms with Gasteiger partial charge in [-0.1, -0.05) is 6.07 Å². The van der Waals surface area contributed by atoms with Gasteiger partial charge in [-0.3, -0.25) is 14.3 Å². The van der Waals surface area contributed by atoms with Crippen molar-refractivity contribution >= 4 is 5.97 Å². The van der Waals surface area contributed by atoms with E-state index in [2.05, 4.69) is 9.72 Å². The summed E-state index contributed by atoms with van der Waals surface area (Å²) in [6, 6.07) is 8.10. The standard InChI is InChI=1S/C13H12N2O3/c1-18-13(17)11-3-2-4-12(16)15(11)9-10-5-7-14-8-6-10/h2-8H,9H2,1H3. The zero-order valence-corrected chi connectivity index (χ0v) is 9.87. The number of rotatable bonds is 3. The Kier molecular flexibility index (Phi) is 3.52. The minimum absolute atomic E-state index is 0.238. The molecule has 2 aromatic heterocycles. The molecule has 5 nitrogen and oxygen atoms in total. The molecule has 18 heavy (non-hydrogen) atoms. The Hall–Kier alpha value is -2.43. The topological polar surface area (TPSA) is 61.2 Å². The molecule has 0 N–H and O–H groups in total. The van der Waals surface area contributed by atoms with Gasteiger partial charge >= 0.3 is 5.97 Å². The zero-order chi connectivity index (χ0) is 13.0. The van der Waals surface area contributed by atoms with Gasteiger partial charge in [0.05, 0.1) is 13.7 Å². The van der Waals surface area contributed by atoms with Crippen LogP contribution in [0.2, 0.25) is 0 Å². The number of hydrogen-bond donors (Lipinski definition) is 0. The van der Waals surface area contributed by atoms with Crippen LogP contribution in [0, 0.1) is 0 Å². The van der Waals surface area contributed by atoms with E-state index in [0.29, 0.717) is 6.54 Å². The van der Waals surface area contributed by atoms with Crippen LogP contribution in [0.25, 0.3) is 0 Å². The van der Waals surface area contributed by atoms with Crippen LogP contribution in [0.5, 0.6) is 0 Å². The number of methoxy groups -OCH3 is 1. The largest absolute Gasteiger partial charge is 0.464 e. The second-order valence-electron chi connectivity index (χ2n) is 3.68. The molecule has 0 unspecified atom stereocenters. The third kappa shape index (κ3) is 2.45. The number of aromatic nitrogens is 2. The monoisotopic (exact) mass is 244 g/mol. The van der Waals surface area contributed by atoms with Crippen LogP contribution >= 0.6 is 0 Å². The van der Waals surface area contributed by atoms with Crippen molar-refractivity contribution < 1.29 is 9.53 Å². The van der Waals surface area contributed by atoms with Crippen LogP contribution in [-0.4, -0.2) is 22.6 Å². The lowest BCUT2D eigenvalue weighted by molar-refractivity contribution is 0.0587. The van der Waals surface area contributed by atoms with Gasteiger partial charge in [0, 0.05) is 18.5 Å². The Bertz CT molecular complexity index is 605. The lowest BCUT2D eigenvalue weighted by Gasteiger charge is -2.10. The fourth-order valence-electron chi connectivity index (χ4n) is 1.64. The van der Waals surface area contributed by atoms with E-state index in [1.807, 2.05) is 0 Å². The summed E-state index contributed by atoms with van der Waals surface area (Å²) in [6.07, 6.45) is 3.28. The van der Waals surface area contributed by atoms with E-state index in [-0.39, 0.29) is 11.3 Å². The first-order valence-electron chi connectivity index (χ1n) is 5.39. The van der Waals surface area contributed by atoms with Crippen molar-refractivity contribution in [3.63, 3.8) is 0 Å². The van der Waals surface area contributed by atoms with E-state index in [0.717, 1.165) is 5.56 Å². The van der Waals surface area contributed by atoms with Gasteiger partial charge in [0.2, 0.25) is 0 Å². The Morgan fingerprint density at radius 3 is 2.67 bits per heavy atom. The SMILES string of the molecule is COC(=O)c1cccc(=O)n1Cc1ccncc1. The van der Waals surface area contributed by atoms with Crippen LogP contribution < -0.4 is 5.56 Å². The minimum Gasteiger partial charge on any atom is -0.464 e. The van der Waals surface area contributed by atoms with Gasteiger partial charge in [-0.15, -0.1) is 0 Å². The Labute approximate surface area is 104 Å². The van der Waals surface area contributed by atoms with Crippen LogP contribution in [0.15, 0.2) is 47.5 Å². The van der Waals surface area contributed by atoms with Crippen molar-refractivity contribution in [3.8, 4) is 0 Å². The second-order valence-corrected chi connectivity index (χ2v) is 3.68. The highest BCUT2D eigenvalue weighted by molar-refractivity contribution is 5.87. The lowest BCUT2D eigenvalue weighted by Crippen LogP contribution is -2.26. The molecule has 0 bridgehead atoms. The van der Waals surface area contributed by atoms with Gasteiger partial charge in [-0.2, -0.15) is 0 Å². The third-order valence-electron chi connectivity index (χ3n) is 2.53. The fourth-order valence-corrected chi connectivity index (χ4v) is 1.64. The van der Waals surface area contributed by atoms with E-state index in [1.54, 1.807) is 30.6 Å². The molecule has 2 aromatic rings. The van der Waals surface area contributed by atoms with Crippen LogP contribution in [-0.2, 0) is 11.3 Å². The van der Waals surface area contributed by atoms with Crippen molar-refractivity contribution in [2.45, 2.75) is 6.54 Å². The molecule has 0 aromatic carbocycles. The molecule has 92 valence electrons. The number of pyridine rings is 2. The fraction of sp³-hybridized carbons (Fsp3) is 0.154. The molecular weight excluding hydrogens is 232 g/mol. The quantitative estimate of drug-likeness (QED) is 0.758. The number of carbonyl (C=O) groups excluding carboxylic acids is 1. The van der Waals surface area contributed by atoms with Crippen LogP contribution in [0.4, 0.5) is 0 Å². The van der Waals surface area contributed by atoms with Crippen molar-refractivity contribution in [3.05, 3.63) is 64.3 Å². The maximum Gasteiger partial charge on any atom is 0.354 e. The molecule has 0 atom stereocenters. The molecule has 0 radical (unpaired) electrons. The first kappa shape index (κ1) is 12.0. The van der Waals surface area contributed by atoms with E-state index in [9.17, 15) is 9.59 Å².